The third-order valence-electron chi connectivity index (χ3n) is 3.89. The summed E-state index contributed by atoms with van der Waals surface area (Å²) in [6.45, 7) is 3.25. The molecule has 9 nitrogen and oxygen atoms in total. The third kappa shape index (κ3) is 5.69. The Morgan fingerprint density at radius 1 is 1.10 bits per heavy atom. The highest BCUT2D eigenvalue weighted by molar-refractivity contribution is 7.89. The molecular formula is C19H23N3O6S. The molecule has 0 spiro atoms. The van der Waals surface area contributed by atoms with Crippen molar-refractivity contribution in [3.63, 3.8) is 0 Å². The summed E-state index contributed by atoms with van der Waals surface area (Å²) in [5.74, 6) is -0.568. The number of carbonyl (C=O) groups excluding carboxylic acids is 2. The van der Waals surface area contributed by atoms with E-state index >= 15 is 0 Å². The minimum atomic E-state index is -3.70. The fourth-order valence-electron chi connectivity index (χ4n) is 2.50. The molecule has 0 heterocycles. The predicted molar refractivity (Wildman–Crippen MR) is 108 cm³/mol. The molecule has 4 N–H and O–H groups in total. The molecule has 0 bridgehead atoms. The topological polar surface area (TPSA) is 137 Å². The highest BCUT2D eigenvalue weighted by Crippen LogP contribution is 2.30. The first-order valence-electron chi connectivity index (χ1n) is 8.68. The van der Waals surface area contributed by atoms with Gasteiger partial charge in [0.1, 0.15) is 0 Å². The van der Waals surface area contributed by atoms with Gasteiger partial charge in [0, 0.05) is 23.9 Å². The highest BCUT2D eigenvalue weighted by Gasteiger charge is 2.18. The molecule has 0 aromatic heterocycles. The number of amides is 2. The van der Waals surface area contributed by atoms with Crippen LogP contribution in [0.3, 0.4) is 0 Å². The van der Waals surface area contributed by atoms with Gasteiger partial charge in [0.05, 0.1) is 12.0 Å². The lowest BCUT2D eigenvalue weighted by Gasteiger charge is -2.13. The Balaban J connectivity index is 2.30. The van der Waals surface area contributed by atoms with Crippen LogP contribution < -0.4 is 25.2 Å². The fraction of sp³-hybridized carbons (Fsp3) is 0.263. The number of anilines is 1. The lowest BCUT2D eigenvalue weighted by Crippen LogP contribution is -2.24. The number of sulfonamides is 1. The molecule has 0 fully saturated rings. The van der Waals surface area contributed by atoms with Crippen LogP contribution in [0.2, 0.25) is 0 Å². The number of carbonyl (C=O) groups is 2. The van der Waals surface area contributed by atoms with Gasteiger partial charge in [-0.1, -0.05) is 13.0 Å². The Morgan fingerprint density at radius 2 is 1.83 bits per heavy atom. The molecule has 156 valence electrons. The van der Waals surface area contributed by atoms with E-state index in [1.165, 1.54) is 25.3 Å². The van der Waals surface area contributed by atoms with Gasteiger partial charge in [-0.05, 0) is 36.8 Å². The maximum atomic E-state index is 12.7. The van der Waals surface area contributed by atoms with Crippen molar-refractivity contribution in [3.05, 3.63) is 47.5 Å². The summed E-state index contributed by atoms with van der Waals surface area (Å²) in [4.78, 5) is 23.7. The van der Waals surface area contributed by atoms with Crippen LogP contribution in [0.4, 0.5) is 5.69 Å². The Morgan fingerprint density at radius 3 is 2.45 bits per heavy atom. The predicted octanol–water partition coefficient (Wildman–Crippen LogP) is 1.42. The average Bonchev–Trinajstić information content (AvgIpc) is 2.66. The van der Waals surface area contributed by atoms with E-state index < -0.39 is 21.8 Å². The summed E-state index contributed by atoms with van der Waals surface area (Å²) >= 11 is 0. The van der Waals surface area contributed by atoms with Crippen molar-refractivity contribution in [2.24, 2.45) is 5.73 Å². The van der Waals surface area contributed by atoms with Gasteiger partial charge in [-0.15, -0.1) is 0 Å². The summed E-state index contributed by atoms with van der Waals surface area (Å²) in [5, 5.41) is 2.68. The third-order valence-corrected chi connectivity index (χ3v) is 5.43. The zero-order chi connectivity index (χ0) is 21.6. The molecular weight excluding hydrogens is 398 g/mol. The first-order valence-corrected chi connectivity index (χ1v) is 10.2. The van der Waals surface area contributed by atoms with Crippen molar-refractivity contribution < 1.29 is 27.5 Å². The molecule has 0 aliphatic rings. The lowest BCUT2D eigenvalue weighted by atomic mass is 10.1. The number of methoxy groups -OCH3 is 1. The van der Waals surface area contributed by atoms with E-state index in [2.05, 4.69) is 10.0 Å². The second-order valence-electron chi connectivity index (χ2n) is 6.05. The van der Waals surface area contributed by atoms with Crippen LogP contribution in [0, 0.1) is 6.92 Å². The van der Waals surface area contributed by atoms with Crippen LogP contribution in [0.25, 0.3) is 0 Å². The van der Waals surface area contributed by atoms with Crippen molar-refractivity contribution >= 4 is 27.5 Å². The van der Waals surface area contributed by atoms with Gasteiger partial charge in [-0.25, -0.2) is 13.1 Å². The van der Waals surface area contributed by atoms with Gasteiger partial charge < -0.3 is 20.5 Å². The SMILES string of the molecule is CCNS(=O)(=O)c1ccc(C)c(C(=O)Nc2ccc(OC)c(OCC(N)=O)c2)c1. The van der Waals surface area contributed by atoms with Crippen LogP contribution in [0.5, 0.6) is 11.5 Å². The van der Waals surface area contributed by atoms with Crippen molar-refractivity contribution in [1.82, 2.24) is 4.72 Å². The molecule has 2 rings (SSSR count). The maximum Gasteiger partial charge on any atom is 0.255 e. The normalized spacial score (nSPS) is 11.0. The smallest absolute Gasteiger partial charge is 0.255 e. The average molecular weight is 421 g/mol. The second-order valence-corrected chi connectivity index (χ2v) is 7.82. The number of hydrogen-bond acceptors (Lipinski definition) is 6. The standard InChI is InChI=1S/C19H23N3O6S/c1-4-21-29(25,26)14-7-5-12(2)15(10-14)19(24)22-13-6-8-16(27-3)17(9-13)28-11-18(20)23/h5-10,21H,4,11H2,1-3H3,(H2,20,23)(H,22,24). The first kappa shape index (κ1) is 22.2. The first-order chi connectivity index (χ1) is 13.7. The minimum absolute atomic E-state index is 0.00434. The number of nitrogens with two attached hydrogens (primary N) is 1. The molecule has 2 amide bonds. The second kappa shape index (κ2) is 9.39. The van der Waals surface area contributed by atoms with Gasteiger partial charge in [-0.3, -0.25) is 9.59 Å². The summed E-state index contributed by atoms with van der Waals surface area (Å²) in [5.41, 5.74) is 6.27. The molecule has 0 unspecified atom stereocenters. The van der Waals surface area contributed by atoms with Crippen molar-refractivity contribution in [1.29, 1.82) is 0 Å². The number of ether oxygens (including phenoxy) is 2. The number of rotatable bonds is 9. The molecule has 2 aromatic rings. The lowest BCUT2D eigenvalue weighted by molar-refractivity contribution is -0.119. The van der Waals surface area contributed by atoms with Gasteiger partial charge in [-0.2, -0.15) is 0 Å². The van der Waals surface area contributed by atoms with Crippen LogP contribution in [-0.2, 0) is 14.8 Å². The van der Waals surface area contributed by atoms with Crippen LogP contribution in [0.15, 0.2) is 41.3 Å². The number of nitrogens with one attached hydrogen (secondary N) is 2. The van der Waals surface area contributed by atoms with Gasteiger partial charge in [0.15, 0.2) is 18.1 Å². The molecule has 2 aromatic carbocycles. The molecule has 0 saturated carbocycles. The van der Waals surface area contributed by atoms with E-state index in [0.717, 1.165) is 0 Å². The Hall–Kier alpha value is -3.11. The van der Waals surface area contributed by atoms with Gasteiger partial charge in [0.2, 0.25) is 10.0 Å². The largest absolute Gasteiger partial charge is 0.493 e. The van der Waals surface area contributed by atoms with E-state index in [1.54, 1.807) is 32.0 Å². The quantitative estimate of drug-likeness (QED) is 0.560. The highest BCUT2D eigenvalue weighted by atomic mass is 32.2. The molecule has 29 heavy (non-hydrogen) atoms. The maximum absolute atomic E-state index is 12.7. The number of benzene rings is 2. The Bertz CT molecular complexity index is 1020. The summed E-state index contributed by atoms with van der Waals surface area (Å²) < 4.78 is 37.3. The zero-order valence-corrected chi connectivity index (χ0v) is 17.1. The minimum Gasteiger partial charge on any atom is -0.493 e. The van der Waals surface area contributed by atoms with E-state index in [1.807, 2.05) is 0 Å². The Labute approximate surface area is 169 Å². The Kier molecular flexibility index (Phi) is 7.18. The van der Waals surface area contributed by atoms with Crippen molar-refractivity contribution in [3.8, 4) is 11.5 Å². The summed E-state index contributed by atoms with van der Waals surface area (Å²) in [6.07, 6.45) is 0. The summed E-state index contributed by atoms with van der Waals surface area (Å²) in [7, 11) is -2.26. The number of aryl methyl sites for hydroxylation is 1. The number of hydrogen-bond donors (Lipinski definition) is 3. The van der Waals surface area contributed by atoms with E-state index in [4.69, 9.17) is 15.2 Å². The molecule has 10 heteroatoms. The van der Waals surface area contributed by atoms with Crippen molar-refractivity contribution in [2.45, 2.75) is 18.7 Å². The molecule has 0 atom stereocenters. The van der Waals surface area contributed by atoms with Crippen molar-refractivity contribution in [2.75, 3.05) is 25.6 Å². The summed E-state index contributed by atoms with van der Waals surface area (Å²) in [6, 6.07) is 8.94. The van der Waals surface area contributed by atoms with E-state index in [0.29, 0.717) is 17.0 Å². The fourth-order valence-corrected chi connectivity index (χ4v) is 3.57. The van der Waals surface area contributed by atoms with Gasteiger partial charge >= 0.3 is 0 Å². The van der Waals surface area contributed by atoms with Crippen LogP contribution >= 0.6 is 0 Å². The molecule has 0 saturated heterocycles. The van der Waals surface area contributed by atoms with Crippen LogP contribution in [0.1, 0.15) is 22.8 Å². The van der Waals surface area contributed by atoms with Gasteiger partial charge in [0.25, 0.3) is 11.8 Å². The van der Waals surface area contributed by atoms with Crippen LogP contribution in [-0.4, -0.2) is 40.5 Å². The zero-order valence-electron chi connectivity index (χ0n) is 16.3. The van der Waals surface area contributed by atoms with E-state index in [-0.39, 0.29) is 29.4 Å². The number of primary amides is 1. The van der Waals surface area contributed by atoms with E-state index in [9.17, 15) is 18.0 Å². The molecule has 0 aliphatic carbocycles. The molecule has 0 aliphatic heterocycles. The monoisotopic (exact) mass is 421 g/mol. The molecule has 0 radical (unpaired) electrons.